The van der Waals surface area contributed by atoms with Crippen LogP contribution in [0.5, 0.6) is 0 Å². The number of benzene rings is 2. The van der Waals surface area contributed by atoms with E-state index in [1.807, 2.05) is 0 Å². The first-order chi connectivity index (χ1) is 14.2. The Morgan fingerprint density at radius 1 is 1.17 bits per heavy atom. The molecule has 0 saturated heterocycles. The lowest BCUT2D eigenvalue weighted by atomic mass is 9.96. The quantitative estimate of drug-likeness (QED) is 0.450. The van der Waals surface area contributed by atoms with E-state index in [0.717, 1.165) is 15.4 Å². The normalized spacial score (nSPS) is 18.4. The highest BCUT2D eigenvalue weighted by Crippen LogP contribution is 2.44. The standard InChI is InChI=1S/C20H15BrClF3N4O/c21-12-3-1-11(2-4-12)16-9-17(20(23,24)25)29-18(28-16)15(10-26-29)19(30)27-14-7-5-13(22)6-8-14/h1-8,10,16-17,28H,9H2,(H,27,30)/t16-,17+/m1/s1. The molecule has 0 fully saturated rings. The van der Waals surface area contributed by atoms with Gasteiger partial charge in [-0.05, 0) is 42.0 Å². The number of nitrogens with one attached hydrogen (secondary N) is 2. The number of rotatable bonds is 3. The number of carbonyl (C=O) groups excluding carboxylic acids is 1. The summed E-state index contributed by atoms with van der Waals surface area (Å²) < 4.78 is 42.9. The number of hydrogen-bond donors (Lipinski definition) is 2. The van der Waals surface area contributed by atoms with E-state index < -0.39 is 24.2 Å². The summed E-state index contributed by atoms with van der Waals surface area (Å²) in [7, 11) is 0. The number of carbonyl (C=O) groups is 1. The second-order valence-corrected chi connectivity index (χ2v) is 8.21. The summed E-state index contributed by atoms with van der Waals surface area (Å²) in [6.45, 7) is 0. The predicted molar refractivity (Wildman–Crippen MR) is 112 cm³/mol. The number of nitrogens with zero attached hydrogens (tertiary/aromatic N) is 2. The highest BCUT2D eigenvalue weighted by atomic mass is 79.9. The molecule has 1 aliphatic rings. The van der Waals surface area contributed by atoms with Crippen molar-refractivity contribution < 1.29 is 18.0 Å². The van der Waals surface area contributed by atoms with Gasteiger partial charge in [0, 0.05) is 21.6 Å². The summed E-state index contributed by atoms with van der Waals surface area (Å²) in [5.41, 5.74) is 1.18. The molecule has 0 spiro atoms. The van der Waals surface area contributed by atoms with E-state index in [9.17, 15) is 18.0 Å². The highest BCUT2D eigenvalue weighted by molar-refractivity contribution is 9.10. The minimum absolute atomic E-state index is 0.0287. The van der Waals surface area contributed by atoms with Crippen molar-refractivity contribution in [1.82, 2.24) is 9.78 Å². The Kier molecular flexibility index (Phi) is 5.50. The summed E-state index contributed by atoms with van der Waals surface area (Å²) in [4.78, 5) is 12.8. The fourth-order valence-electron chi connectivity index (χ4n) is 3.37. The highest BCUT2D eigenvalue weighted by Gasteiger charge is 2.47. The molecule has 0 aliphatic carbocycles. The van der Waals surface area contributed by atoms with Gasteiger partial charge in [-0.2, -0.15) is 18.3 Å². The molecule has 4 rings (SSSR count). The van der Waals surface area contributed by atoms with Gasteiger partial charge in [-0.25, -0.2) is 4.68 Å². The van der Waals surface area contributed by atoms with Crippen LogP contribution in [0.15, 0.2) is 59.2 Å². The first-order valence-corrected chi connectivity index (χ1v) is 10.1. The van der Waals surface area contributed by atoms with Gasteiger partial charge < -0.3 is 10.6 Å². The van der Waals surface area contributed by atoms with E-state index in [2.05, 4.69) is 31.7 Å². The Morgan fingerprint density at radius 2 is 1.83 bits per heavy atom. The number of hydrogen-bond acceptors (Lipinski definition) is 3. The SMILES string of the molecule is O=C(Nc1ccc(Cl)cc1)c1cnn2c1N[C@@H](c1ccc(Br)cc1)C[C@H]2C(F)(F)F. The van der Waals surface area contributed by atoms with Crippen molar-refractivity contribution in [2.24, 2.45) is 0 Å². The van der Waals surface area contributed by atoms with E-state index in [1.165, 1.54) is 0 Å². The molecule has 156 valence electrons. The second-order valence-electron chi connectivity index (χ2n) is 6.85. The Morgan fingerprint density at radius 3 is 2.47 bits per heavy atom. The van der Waals surface area contributed by atoms with Crippen molar-refractivity contribution in [2.45, 2.75) is 24.7 Å². The van der Waals surface area contributed by atoms with Gasteiger partial charge >= 0.3 is 6.18 Å². The van der Waals surface area contributed by atoms with Crippen LogP contribution < -0.4 is 10.6 Å². The molecule has 1 aliphatic heterocycles. The van der Waals surface area contributed by atoms with Crippen molar-refractivity contribution in [3.05, 3.63) is 75.4 Å². The van der Waals surface area contributed by atoms with Crippen molar-refractivity contribution in [3.8, 4) is 0 Å². The molecule has 10 heteroatoms. The molecule has 2 aromatic carbocycles. The zero-order valence-corrected chi connectivity index (χ0v) is 17.6. The summed E-state index contributed by atoms with van der Waals surface area (Å²) in [5, 5.41) is 10.1. The average Bonchev–Trinajstić information content (AvgIpc) is 3.13. The maximum absolute atomic E-state index is 13.8. The average molecular weight is 500 g/mol. The molecule has 5 nitrogen and oxygen atoms in total. The van der Waals surface area contributed by atoms with E-state index in [4.69, 9.17) is 11.6 Å². The van der Waals surface area contributed by atoms with Gasteiger partial charge in [0.25, 0.3) is 5.91 Å². The van der Waals surface area contributed by atoms with E-state index in [1.54, 1.807) is 48.5 Å². The Labute approximate surface area is 183 Å². The summed E-state index contributed by atoms with van der Waals surface area (Å²) in [5.74, 6) is -0.536. The summed E-state index contributed by atoms with van der Waals surface area (Å²) in [6.07, 6.45) is -3.60. The zero-order valence-electron chi connectivity index (χ0n) is 15.3. The molecular formula is C20H15BrClF3N4O. The van der Waals surface area contributed by atoms with Crippen molar-refractivity contribution >= 4 is 44.9 Å². The Bertz CT molecular complexity index is 1070. The minimum atomic E-state index is -4.51. The molecule has 2 N–H and O–H groups in total. The molecule has 1 amide bonds. The van der Waals surface area contributed by atoms with E-state index in [0.29, 0.717) is 16.3 Å². The molecular weight excluding hydrogens is 485 g/mol. The van der Waals surface area contributed by atoms with Gasteiger partial charge in [0.15, 0.2) is 6.04 Å². The third kappa shape index (κ3) is 4.17. The van der Waals surface area contributed by atoms with Crippen LogP contribution in [-0.4, -0.2) is 21.9 Å². The Balaban J connectivity index is 1.68. The van der Waals surface area contributed by atoms with Crippen LogP contribution in [0.2, 0.25) is 5.02 Å². The first-order valence-electron chi connectivity index (χ1n) is 8.95. The number of amides is 1. The Hall–Kier alpha value is -2.52. The minimum Gasteiger partial charge on any atom is -0.363 e. The van der Waals surface area contributed by atoms with Gasteiger partial charge in [-0.15, -0.1) is 0 Å². The lowest BCUT2D eigenvalue weighted by Crippen LogP contribution is -2.36. The molecule has 0 saturated carbocycles. The fourth-order valence-corrected chi connectivity index (χ4v) is 3.76. The topological polar surface area (TPSA) is 59.0 Å². The summed E-state index contributed by atoms with van der Waals surface area (Å²) >= 11 is 9.16. The van der Waals surface area contributed by atoms with Gasteiger partial charge in [-0.3, -0.25) is 4.79 Å². The van der Waals surface area contributed by atoms with Crippen molar-refractivity contribution in [3.63, 3.8) is 0 Å². The molecule has 0 bridgehead atoms. The third-order valence-electron chi connectivity index (χ3n) is 4.86. The first kappa shape index (κ1) is 20.7. The van der Waals surface area contributed by atoms with Gasteiger partial charge in [0.05, 0.1) is 12.2 Å². The zero-order chi connectivity index (χ0) is 21.5. The van der Waals surface area contributed by atoms with E-state index in [-0.39, 0.29) is 17.8 Å². The lowest BCUT2D eigenvalue weighted by Gasteiger charge is -2.34. The van der Waals surface area contributed by atoms with Crippen LogP contribution in [0.1, 0.15) is 34.4 Å². The number of halogens is 5. The largest absolute Gasteiger partial charge is 0.410 e. The third-order valence-corrected chi connectivity index (χ3v) is 5.64. The van der Waals surface area contributed by atoms with Crippen LogP contribution in [0, 0.1) is 0 Å². The van der Waals surface area contributed by atoms with Crippen LogP contribution in [-0.2, 0) is 0 Å². The molecule has 2 heterocycles. The van der Waals surface area contributed by atoms with Crippen molar-refractivity contribution in [1.29, 1.82) is 0 Å². The molecule has 2 atom stereocenters. The molecule has 3 aromatic rings. The molecule has 30 heavy (non-hydrogen) atoms. The molecule has 0 unspecified atom stereocenters. The number of anilines is 2. The van der Waals surface area contributed by atoms with Crippen LogP contribution in [0.4, 0.5) is 24.7 Å². The van der Waals surface area contributed by atoms with Crippen LogP contribution in [0.3, 0.4) is 0 Å². The lowest BCUT2D eigenvalue weighted by molar-refractivity contribution is -0.173. The van der Waals surface area contributed by atoms with Gasteiger partial charge in [0.2, 0.25) is 0 Å². The summed E-state index contributed by atoms with van der Waals surface area (Å²) in [6, 6.07) is 11.0. The van der Waals surface area contributed by atoms with Crippen molar-refractivity contribution in [2.75, 3.05) is 10.6 Å². The van der Waals surface area contributed by atoms with Crippen LogP contribution in [0.25, 0.3) is 0 Å². The maximum atomic E-state index is 13.8. The van der Waals surface area contributed by atoms with Gasteiger partial charge in [0.1, 0.15) is 11.4 Å². The fraction of sp³-hybridized carbons (Fsp3) is 0.200. The van der Waals surface area contributed by atoms with Gasteiger partial charge in [-0.1, -0.05) is 39.7 Å². The predicted octanol–water partition coefficient (Wildman–Crippen LogP) is 6.21. The molecule has 0 radical (unpaired) electrons. The smallest absolute Gasteiger partial charge is 0.363 e. The number of alkyl halides is 3. The van der Waals surface area contributed by atoms with E-state index >= 15 is 0 Å². The number of aromatic nitrogens is 2. The number of fused-ring (bicyclic) bond motifs is 1. The molecule has 1 aromatic heterocycles. The second kappa shape index (κ2) is 7.96. The van der Waals surface area contributed by atoms with Crippen LogP contribution >= 0.6 is 27.5 Å². The maximum Gasteiger partial charge on any atom is 0.410 e. The monoisotopic (exact) mass is 498 g/mol.